The summed E-state index contributed by atoms with van der Waals surface area (Å²) in [5.41, 5.74) is 0. The lowest BCUT2D eigenvalue weighted by atomic mass is 10.2. The quantitative estimate of drug-likeness (QED) is 0.650. The van der Waals surface area contributed by atoms with Gasteiger partial charge in [0.1, 0.15) is 0 Å². The monoisotopic (exact) mass is 216 g/mol. The van der Waals surface area contributed by atoms with Crippen LogP contribution >= 0.6 is 11.8 Å². The van der Waals surface area contributed by atoms with Gasteiger partial charge in [0.25, 0.3) is 0 Å². The average molecular weight is 216 g/mol. The van der Waals surface area contributed by atoms with Crippen LogP contribution in [0.1, 0.15) is 13.3 Å². The molecule has 5 nitrogen and oxygen atoms in total. The van der Waals surface area contributed by atoms with Crippen molar-refractivity contribution in [2.24, 2.45) is 0 Å². The van der Waals surface area contributed by atoms with Crippen molar-refractivity contribution >= 4 is 28.7 Å². The number of amides is 2. The van der Waals surface area contributed by atoms with Crippen molar-refractivity contribution in [3.05, 3.63) is 0 Å². The van der Waals surface area contributed by atoms with Crippen molar-refractivity contribution in [1.82, 2.24) is 10.6 Å². The molecule has 1 aliphatic heterocycles. The third kappa shape index (κ3) is 3.47. The molecule has 0 aliphatic carbocycles. The molecular weight excluding hydrogens is 204 g/mol. The number of hydrogen-bond acceptors (Lipinski definition) is 5. The predicted octanol–water partition coefficient (Wildman–Crippen LogP) is -0.729. The predicted molar refractivity (Wildman–Crippen MR) is 52.7 cm³/mol. The second-order valence-electron chi connectivity index (χ2n) is 2.99. The fourth-order valence-corrected chi connectivity index (χ4v) is 2.09. The van der Waals surface area contributed by atoms with Gasteiger partial charge in [-0.15, -0.1) is 0 Å². The number of rotatable bonds is 3. The van der Waals surface area contributed by atoms with E-state index in [1.807, 2.05) is 0 Å². The lowest BCUT2D eigenvalue weighted by Crippen LogP contribution is -2.41. The van der Waals surface area contributed by atoms with Gasteiger partial charge in [-0.25, -0.2) is 0 Å². The van der Waals surface area contributed by atoms with E-state index in [1.165, 1.54) is 18.7 Å². The molecule has 0 bridgehead atoms. The fraction of sp³-hybridized carbons (Fsp3) is 0.625. The Labute approximate surface area is 86.0 Å². The Balaban J connectivity index is 2.23. The molecule has 1 saturated heterocycles. The molecule has 0 radical (unpaired) electrons. The molecule has 2 amide bonds. The molecule has 1 aliphatic rings. The molecule has 1 unspecified atom stereocenters. The van der Waals surface area contributed by atoms with E-state index in [9.17, 15) is 14.4 Å². The Kier molecular flexibility index (Phi) is 4.09. The number of hydrogen-bond donors (Lipinski definition) is 2. The van der Waals surface area contributed by atoms with Crippen LogP contribution in [0.15, 0.2) is 0 Å². The summed E-state index contributed by atoms with van der Waals surface area (Å²) in [7, 11) is 0. The van der Waals surface area contributed by atoms with Gasteiger partial charge in [0.2, 0.25) is 16.9 Å². The topological polar surface area (TPSA) is 75.3 Å². The number of thioether (sulfide) groups is 1. The van der Waals surface area contributed by atoms with E-state index in [-0.39, 0.29) is 23.6 Å². The third-order valence-electron chi connectivity index (χ3n) is 1.76. The minimum Gasteiger partial charge on any atom is -0.298 e. The summed E-state index contributed by atoms with van der Waals surface area (Å²) in [5.74, 6) is 0.0105. The van der Waals surface area contributed by atoms with Crippen LogP contribution in [-0.4, -0.2) is 35.3 Å². The molecule has 78 valence electrons. The second-order valence-corrected chi connectivity index (χ2v) is 4.09. The summed E-state index contributed by atoms with van der Waals surface area (Å²) in [4.78, 5) is 32.6. The molecule has 6 heteroatoms. The smallest absolute Gasteiger partial charge is 0.240 e. The normalized spacial score (nSPS) is 20.9. The van der Waals surface area contributed by atoms with Gasteiger partial charge in [0, 0.05) is 12.7 Å². The highest BCUT2D eigenvalue weighted by Gasteiger charge is 2.25. The molecule has 0 aromatic carbocycles. The van der Waals surface area contributed by atoms with E-state index in [1.54, 1.807) is 0 Å². The molecule has 0 aromatic heterocycles. The summed E-state index contributed by atoms with van der Waals surface area (Å²) in [6.07, 6.45) is 0.747. The zero-order valence-corrected chi connectivity index (χ0v) is 8.65. The van der Waals surface area contributed by atoms with E-state index in [0.717, 1.165) is 12.2 Å². The van der Waals surface area contributed by atoms with Gasteiger partial charge in [-0.2, -0.15) is 0 Å². The summed E-state index contributed by atoms with van der Waals surface area (Å²) >= 11 is 1.27. The lowest BCUT2D eigenvalue weighted by Gasteiger charge is -2.08. The maximum Gasteiger partial charge on any atom is 0.240 e. The van der Waals surface area contributed by atoms with Gasteiger partial charge < -0.3 is 0 Å². The number of nitrogens with one attached hydrogen (secondary N) is 2. The lowest BCUT2D eigenvalue weighted by molar-refractivity contribution is -0.128. The molecule has 1 rings (SSSR count). The summed E-state index contributed by atoms with van der Waals surface area (Å²) in [6, 6.07) is -0.238. The second kappa shape index (κ2) is 5.11. The maximum atomic E-state index is 11.1. The van der Waals surface area contributed by atoms with Gasteiger partial charge in [-0.05, 0) is 6.42 Å². The molecular formula is C8H12N2O3S. The zero-order chi connectivity index (χ0) is 10.6. The minimum absolute atomic E-state index is 0.0105. The van der Waals surface area contributed by atoms with E-state index >= 15 is 0 Å². The molecule has 1 atom stereocenters. The van der Waals surface area contributed by atoms with E-state index in [4.69, 9.17) is 0 Å². The number of carbonyl (C=O) groups excluding carboxylic acids is 3. The first kappa shape index (κ1) is 11.2. The Morgan fingerprint density at radius 3 is 2.79 bits per heavy atom. The van der Waals surface area contributed by atoms with Gasteiger partial charge in [-0.3, -0.25) is 25.0 Å². The van der Waals surface area contributed by atoms with Crippen LogP contribution in [0.2, 0.25) is 0 Å². The van der Waals surface area contributed by atoms with Gasteiger partial charge in [-0.1, -0.05) is 11.8 Å². The van der Waals surface area contributed by atoms with E-state index in [2.05, 4.69) is 10.6 Å². The minimum atomic E-state index is -0.401. The SMILES string of the molecule is CC(=O)NC(=O)CNC1CCSC1=O. The molecule has 1 fully saturated rings. The highest BCUT2D eigenvalue weighted by Crippen LogP contribution is 2.18. The summed E-state index contributed by atoms with van der Waals surface area (Å²) in [5, 5.41) is 4.99. The van der Waals surface area contributed by atoms with Crippen molar-refractivity contribution in [3.63, 3.8) is 0 Å². The highest BCUT2D eigenvalue weighted by atomic mass is 32.2. The first-order chi connectivity index (χ1) is 6.59. The molecule has 0 saturated carbocycles. The van der Waals surface area contributed by atoms with Gasteiger partial charge in [0.15, 0.2) is 0 Å². The molecule has 2 N–H and O–H groups in total. The van der Waals surface area contributed by atoms with Crippen LogP contribution in [0, 0.1) is 0 Å². The Morgan fingerprint density at radius 1 is 1.57 bits per heavy atom. The summed E-state index contributed by atoms with van der Waals surface area (Å²) < 4.78 is 0. The van der Waals surface area contributed by atoms with Crippen LogP contribution in [-0.2, 0) is 14.4 Å². The van der Waals surface area contributed by atoms with Crippen LogP contribution in [0.5, 0.6) is 0 Å². The molecule has 0 aromatic rings. The Bertz CT molecular complexity index is 267. The van der Waals surface area contributed by atoms with Crippen molar-refractivity contribution in [2.45, 2.75) is 19.4 Å². The number of carbonyl (C=O) groups is 3. The van der Waals surface area contributed by atoms with Crippen LogP contribution in [0.3, 0.4) is 0 Å². The summed E-state index contributed by atoms with van der Waals surface area (Å²) in [6.45, 7) is 1.28. The van der Waals surface area contributed by atoms with Crippen molar-refractivity contribution in [3.8, 4) is 0 Å². The van der Waals surface area contributed by atoms with Crippen molar-refractivity contribution < 1.29 is 14.4 Å². The molecule has 14 heavy (non-hydrogen) atoms. The molecule has 1 heterocycles. The first-order valence-electron chi connectivity index (χ1n) is 4.30. The average Bonchev–Trinajstić information content (AvgIpc) is 2.46. The molecule has 0 spiro atoms. The largest absolute Gasteiger partial charge is 0.298 e. The Morgan fingerprint density at radius 2 is 2.29 bits per heavy atom. The van der Waals surface area contributed by atoms with Crippen LogP contribution < -0.4 is 10.6 Å². The first-order valence-corrected chi connectivity index (χ1v) is 5.28. The highest BCUT2D eigenvalue weighted by molar-refractivity contribution is 8.14. The van der Waals surface area contributed by atoms with E-state index < -0.39 is 5.91 Å². The third-order valence-corrected chi connectivity index (χ3v) is 2.77. The zero-order valence-electron chi connectivity index (χ0n) is 7.83. The van der Waals surface area contributed by atoms with E-state index in [0.29, 0.717) is 0 Å². The number of imide groups is 1. The van der Waals surface area contributed by atoms with Crippen LogP contribution in [0.4, 0.5) is 0 Å². The van der Waals surface area contributed by atoms with Crippen LogP contribution in [0.25, 0.3) is 0 Å². The Hall–Kier alpha value is -0.880. The van der Waals surface area contributed by atoms with Gasteiger partial charge in [0.05, 0.1) is 12.6 Å². The van der Waals surface area contributed by atoms with Gasteiger partial charge >= 0.3 is 0 Å². The van der Waals surface area contributed by atoms with Crippen molar-refractivity contribution in [2.75, 3.05) is 12.3 Å². The standard InChI is InChI=1S/C8H12N2O3S/c1-5(11)10-7(12)4-9-6-2-3-14-8(6)13/h6,9H,2-4H2,1H3,(H,10,11,12). The maximum absolute atomic E-state index is 11.1. The fourth-order valence-electron chi connectivity index (χ4n) is 1.14. The van der Waals surface area contributed by atoms with Crippen molar-refractivity contribution in [1.29, 1.82) is 0 Å².